The summed E-state index contributed by atoms with van der Waals surface area (Å²) in [5.74, 6) is -1.32. The molecular formula is C20H32O5. The number of carboxylic acid groups (broad SMARTS) is 1. The van der Waals surface area contributed by atoms with Crippen molar-refractivity contribution in [1.82, 2.24) is 0 Å². The summed E-state index contributed by atoms with van der Waals surface area (Å²) in [6.07, 6.45) is 12.1. The van der Waals surface area contributed by atoms with Crippen LogP contribution in [0.25, 0.3) is 0 Å². The monoisotopic (exact) mass is 352 g/mol. The Labute approximate surface area is 150 Å². The zero-order valence-electron chi connectivity index (χ0n) is 15.1. The largest absolute Gasteiger partial charge is 0.481 e. The van der Waals surface area contributed by atoms with Crippen LogP contribution in [0.4, 0.5) is 0 Å². The average Bonchev–Trinajstić information content (AvgIpc) is 2.81. The van der Waals surface area contributed by atoms with E-state index in [1.54, 1.807) is 12.2 Å². The van der Waals surface area contributed by atoms with Gasteiger partial charge in [0.05, 0.1) is 12.2 Å². The highest BCUT2D eigenvalue weighted by Crippen LogP contribution is 2.33. The van der Waals surface area contributed by atoms with E-state index in [0.29, 0.717) is 19.3 Å². The highest BCUT2D eigenvalue weighted by Gasteiger charge is 2.39. The Balaban J connectivity index is 2.49. The number of carbonyl (C=O) groups is 2. The van der Waals surface area contributed by atoms with Crippen LogP contribution < -0.4 is 0 Å². The molecule has 1 saturated carbocycles. The van der Waals surface area contributed by atoms with Crippen molar-refractivity contribution in [1.29, 1.82) is 0 Å². The smallest absolute Gasteiger partial charge is 0.303 e. The molecule has 0 amide bonds. The normalized spacial score (nSPS) is 25.2. The van der Waals surface area contributed by atoms with Crippen LogP contribution in [-0.2, 0) is 9.59 Å². The number of unbranched alkanes of at least 4 members (excludes halogenated alkanes) is 3. The summed E-state index contributed by atoms with van der Waals surface area (Å²) in [6, 6.07) is 0. The van der Waals surface area contributed by atoms with Gasteiger partial charge in [-0.2, -0.15) is 0 Å². The van der Waals surface area contributed by atoms with E-state index < -0.39 is 18.2 Å². The summed E-state index contributed by atoms with van der Waals surface area (Å²) < 4.78 is 0. The van der Waals surface area contributed by atoms with Crippen LogP contribution in [0.15, 0.2) is 24.3 Å². The standard InChI is InChI=1S/C20H32O5/c1-2-3-4-5-6-7-10-16-17(19(23)14-18(16)22)13-12-15(21)9-8-11-20(24)25/h6-7,12-13,15-17,19,21,23H,2-5,8-11,14H2,1H3,(H,24,25)/b7-6-,13-12+/t15-,16-,17-,19+/m0/s1. The molecule has 25 heavy (non-hydrogen) atoms. The Bertz CT molecular complexity index is 469. The minimum atomic E-state index is -0.876. The molecule has 0 spiro atoms. The highest BCUT2D eigenvalue weighted by atomic mass is 16.4. The van der Waals surface area contributed by atoms with Gasteiger partial charge in [-0.05, 0) is 32.1 Å². The molecule has 0 bridgehead atoms. The number of aliphatic carboxylic acids is 1. The molecule has 1 aliphatic carbocycles. The van der Waals surface area contributed by atoms with Crippen molar-refractivity contribution < 1.29 is 24.9 Å². The number of hydrogen-bond acceptors (Lipinski definition) is 4. The Morgan fingerprint density at radius 2 is 2.04 bits per heavy atom. The van der Waals surface area contributed by atoms with E-state index in [9.17, 15) is 19.8 Å². The molecule has 4 atom stereocenters. The first kappa shape index (κ1) is 21.6. The molecule has 0 heterocycles. The van der Waals surface area contributed by atoms with Crippen LogP contribution in [0, 0.1) is 11.8 Å². The number of carboxylic acids is 1. The molecule has 5 nitrogen and oxygen atoms in total. The van der Waals surface area contributed by atoms with Gasteiger partial charge in [0.15, 0.2) is 0 Å². The second-order valence-electron chi connectivity index (χ2n) is 6.86. The lowest BCUT2D eigenvalue weighted by Crippen LogP contribution is -2.18. The van der Waals surface area contributed by atoms with Gasteiger partial charge in [0.25, 0.3) is 0 Å². The van der Waals surface area contributed by atoms with Crippen LogP contribution >= 0.6 is 0 Å². The predicted molar refractivity (Wildman–Crippen MR) is 97.1 cm³/mol. The molecular weight excluding hydrogens is 320 g/mol. The average molecular weight is 352 g/mol. The first-order chi connectivity index (χ1) is 12.0. The first-order valence-electron chi connectivity index (χ1n) is 9.39. The number of ketones is 1. The summed E-state index contributed by atoms with van der Waals surface area (Å²) in [4.78, 5) is 22.6. The molecule has 5 heteroatoms. The number of allylic oxidation sites excluding steroid dienone is 2. The summed E-state index contributed by atoms with van der Waals surface area (Å²) in [7, 11) is 0. The van der Waals surface area contributed by atoms with E-state index in [-0.39, 0.29) is 30.5 Å². The third-order valence-electron chi connectivity index (χ3n) is 4.71. The topological polar surface area (TPSA) is 94.8 Å². The van der Waals surface area contributed by atoms with Crippen LogP contribution in [0.5, 0.6) is 0 Å². The summed E-state index contributed by atoms with van der Waals surface area (Å²) >= 11 is 0. The molecule has 0 unspecified atom stereocenters. The summed E-state index contributed by atoms with van der Waals surface area (Å²) in [5, 5.41) is 28.6. The Kier molecular flexibility index (Phi) is 10.3. The van der Waals surface area contributed by atoms with Crippen molar-refractivity contribution in [3.63, 3.8) is 0 Å². The molecule has 3 N–H and O–H groups in total. The van der Waals surface area contributed by atoms with Crippen molar-refractivity contribution in [2.45, 2.75) is 76.9 Å². The lowest BCUT2D eigenvalue weighted by Gasteiger charge is -2.16. The van der Waals surface area contributed by atoms with Gasteiger partial charge >= 0.3 is 5.97 Å². The van der Waals surface area contributed by atoms with E-state index in [2.05, 4.69) is 13.0 Å². The molecule has 0 aromatic carbocycles. The molecule has 142 valence electrons. The van der Waals surface area contributed by atoms with Gasteiger partial charge in [-0.1, -0.05) is 44.1 Å². The number of carbonyl (C=O) groups excluding carboxylic acids is 1. The molecule has 0 aromatic rings. The maximum atomic E-state index is 12.1. The SMILES string of the molecule is CCCCC/C=C\C[C@@H]1C(=O)C[C@@H](O)[C@H]1/C=C/[C@@H](O)CCCC(=O)O. The second-order valence-corrected chi connectivity index (χ2v) is 6.86. The van der Waals surface area contributed by atoms with E-state index in [1.165, 1.54) is 12.8 Å². The van der Waals surface area contributed by atoms with Gasteiger partial charge in [-0.25, -0.2) is 0 Å². The van der Waals surface area contributed by atoms with Crippen LogP contribution in [0.2, 0.25) is 0 Å². The van der Waals surface area contributed by atoms with E-state index in [1.807, 2.05) is 6.08 Å². The predicted octanol–water partition coefficient (Wildman–Crippen LogP) is 3.25. The fourth-order valence-electron chi connectivity index (χ4n) is 3.22. The number of hydrogen-bond donors (Lipinski definition) is 3. The number of Topliss-reactive ketones (excluding diaryl/α,β-unsaturated/α-hetero) is 1. The minimum Gasteiger partial charge on any atom is -0.481 e. The lowest BCUT2D eigenvalue weighted by atomic mass is 9.90. The quantitative estimate of drug-likeness (QED) is 0.370. The van der Waals surface area contributed by atoms with Gasteiger partial charge in [0.1, 0.15) is 5.78 Å². The van der Waals surface area contributed by atoms with Crippen LogP contribution in [0.1, 0.15) is 64.7 Å². The zero-order chi connectivity index (χ0) is 18.7. The maximum absolute atomic E-state index is 12.1. The fraction of sp³-hybridized carbons (Fsp3) is 0.700. The molecule has 0 aromatic heterocycles. The van der Waals surface area contributed by atoms with Gasteiger partial charge in [-0.3, -0.25) is 9.59 Å². The van der Waals surface area contributed by atoms with Crippen LogP contribution in [-0.4, -0.2) is 39.3 Å². The molecule has 1 aliphatic rings. The third-order valence-corrected chi connectivity index (χ3v) is 4.71. The molecule has 0 aliphatic heterocycles. The van der Waals surface area contributed by atoms with Gasteiger partial charge in [0, 0.05) is 24.7 Å². The number of aliphatic hydroxyl groups is 2. The lowest BCUT2D eigenvalue weighted by molar-refractivity contribution is -0.137. The van der Waals surface area contributed by atoms with Crippen molar-refractivity contribution in [2.24, 2.45) is 11.8 Å². The van der Waals surface area contributed by atoms with E-state index in [4.69, 9.17) is 5.11 Å². The molecule has 1 rings (SSSR count). The van der Waals surface area contributed by atoms with E-state index in [0.717, 1.165) is 12.8 Å². The highest BCUT2D eigenvalue weighted by molar-refractivity contribution is 5.84. The van der Waals surface area contributed by atoms with Crippen molar-refractivity contribution in [3.8, 4) is 0 Å². The Hall–Kier alpha value is -1.46. The molecule has 0 saturated heterocycles. The molecule has 0 radical (unpaired) electrons. The third kappa shape index (κ3) is 8.45. The van der Waals surface area contributed by atoms with Crippen LogP contribution in [0.3, 0.4) is 0 Å². The second kappa shape index (κ2) is 12.0. The van der Waals surface area contributed by atoms with Crippen molar-refractivity contribution in [3.05, 3.63) is 24.3 Å². The fourth-order valence-corrected chi connectivity index (χ4v) is 3.22. The van der Waals surface area contributed by atoms with Crippen molar-refractivity contribution in [2.75, 3.05) is 0 Å². The zero-order valence-corrected chi connectivity index (χ0v) is 15.1. The van der Waals surface area contributed by atoms with Crippen molar-refractivity contribution >= 4 is 11.8 Å². The molecule has 1 fully saturated rings. The summed E-state index contributed by atoms with van der Waals surface area (Å²) in [5.41, 5.74) is 0. The number of aliphatic hydroxyl groups excluding tert-OH is 2. The first-order valence-corrected chi connectivity index (χ1v) is 9.39. The van der Waals surface area contributed by atoms with Gasteiger partial charge in [0.2, 0.25) is 0 Å². The Morgan fingerprint density at radius 3 is 2.72 bits per heavy atom. The maximum Gasteiger partial charge on any atom is 0.303 e. The minimum absolute atomic E-state index is 0.0287. The van der Waals surface area contributed by atoms with E-state index >= 15 is 0 Å². The summed E-state index contributed by atoms with van der Waals surface area (Å²) in [6.45, 7) is 2.16. The van der Waals surface area contributed by atoms with Gasteiger partial charge in [-0.15, -0.1) is 0 Å². The number of rotatable bonds is 12. The Morgan fingerprint density at radius 1 is 1.28 bits per heavy atom. The van der Waals surface area contributed by atoms with Gasteiger partial charge < -0.3 is 15.3 Å².